The van der Waals surface area contributed by atoms with Gasteiger partial charge in [0.05, 0.1) is 0 Å². The van der Waals surface area contributed by atoms with Crippen molar-refractivity contribution in [2.24, 2.45) is 0 Å². The van der Waals surface area contributed by atoms with Gasteiger partial charge in [-0.2, -0.15) is 0 Å². The summed E-state index contributed by atoms with van der Waals surface area (Å²) in [4.78, 5) is 0. The van der Waals surface area contributed by atoms with Gasteiger partial charge in [-0.25, -0.2) is 0 Å². The van der Waals surface area contributed by atoms with E-state index in [0.29, 0.717) is 0 Å². The highest BCUT2D eigenvalue weighted by atomic mass is 31.0. The van der Waals surface area contributed by atoms with Crippen molar-refractivity contribution in [2.75, 3.05) is 0 Å². The molecule has 0 nitrogen and oxygen atoms in total. The van der Waals surface area contributed by atoms with Crippen LogP contribution in [0.15, 0.2) is 11.9 Å². The third-order valence-corrected chi connectivity index (χ3v) is 4.79. The van der Waals surface area contributed by atoms with E-state index in [1.54, 1.807) is 0 Å². The molecule has 0 aromatic carbocycles. The molecule has 22 heavy (non-hydrogen) atoms. The second kappa shape index (κ2) is 21.2. The fourth-order valence-corrected chi connectivity index (χ4v) is 3.21. The summed E-state index contributed by atoms with van der Waals surface area (Å²) < 4.78 is 0. The Balaban J connectivity index is 2.94. The van der Waals surface area contributed by atoms with Gasteiger partial charge in [-0.15, -0.1) is 0 Å². The third kappa shape index (κ3) is 20.2. The highest BCUT2D eigenvalue weighted by Crippen LogP contribution is 2.14. The van der Waals surface area contributed by atoms with E-state index in [0.717, 1.165) is 0 Å². The summed E-state index contributed by atoms with van der Waals surface area (Å²) in [5, 5.41) is 0. The first kappa shape index (κ1) is 22.2. The fraction of sp³-hybridized carbons (Fsp3) is 0.905. The molecular weight excluding hydrogens is 283 g/mol. The van der Waals surface area contributed by atoms with Crippen LogP contribution in [-0.4, -0.2) is 0 Å². The molecule has 0 saturated heterocycles. The van der Waals surface area contributed by atoms with E-state index < -0.39 is 0 Å². The monoisotopic (exact) mass is 324 g/mol. The molecule has 0 aliphatic heterocycles. The molecule has 0 aromatic heterocycles. The van der Waals surface area contributed by atoms with Gasteiger partial charge in [0.1, 0.15) is 0 Å². The summed E-state index contributed by atoms with van der Waals surface area (Å²) in [6.07, 6.45) is 28.0. The van der Waals surface area contributed by atoms with Crippen LogP contribution in [0.5, 0.6) is 0 Å². The Labute approximate surface area is 144 Å². The number of rotatable bonds is 18. The summed E-state index contributed by atoms with van der Waals surface area (Å²) in [6.45, 7) is 2.29. The van der Waals surface area contributed by atoms with Crippen molar-refractivity contribution in [3.63, 3.8) is 0 Å². The van der Waals surface area contributed by atoms with Gasteiger partial charge in [-0.05, 0) is 22.1 Å². The maximum Gasteiger partial charge on any atom is -0.0146 e. The molecule has 0 N–H and O–H groups in total. The van der Waals surface area contributed by atoms with E-state index in [2.05, 4.69) is 22.2 Å². The topological polar surface area (TPSA) is 0 Å². The summed E-state index contributed by atoms with van der Waals surface area (Å²) >= 11 is 0. The molecule has 0 unspecified atom stereocenters. The molecule has 0 aliphatic rings. The van der Waals surface area contributed by atoms with Crippen LogP contribution in [-0.2, 0) is 0 Å². The van der Waals surface area contributed by atoms with Crippen molar-refractivity contribution in [2.45, 2.75) is 122 Å². The molecule has 130 valence electrons. The molecule has 0 saturated carbocycles. The van der Waals surface area contributed by atoms with Crippen LogP contribution in [0.2, 0.25) is 0 Å². The second-order valence-corrected chi connectivity index (χ2v) is 7.13. The minimum atomic E-state index is 1.21. The average molecular weight is 325 g/mol. The standard InChI is InChI=1S/C21H41P/c1-2-3-4-5-6-7-8-9-10-11-12-13-14-15-16-17-18-19-20-21-22/h20-21H,2-19H2,1H3. The first-order chi connectivity index (χ1) is 10.9. The van der Waals surface area contributed by atoms with Gasteiger partial charge in [0.15, 0.2) is 0 Å². The lowest BCUT2D eigenvalue weighted by Gasteiger charge is -2.03. The van der Waals surface area contributed by atoms with Crippen LogP contribution in [0.3, 0.4) is 0 Å². The zero-order valence-corrected chi connectivity index (χ0v) is 16.2. The molecule has 0 atom stereocenters. The Morgan fingerprint density at radius 3 is 1.14 bits per heavy atom. The average Bonchev–Trinajstić information content (AvgIpc) is 2.54. The van der Waals surface area contributed by atoms with Gasteiger partial charge in [-0.3, -0.25) is 0 Å². The Morgan fingerprint density at radius 2 is 0.818 bits per heavy atom. The van der Waals surface area contributed by atoms with E-state index in [1.807, 2.05) is 5.82 Å². The van der Waals surface area contributed by atoms with Crippen molar-refractivity contribution < 1.29 is 0 Å². The number of hydrogen-bond acceptors (Lipinski definition) is 0. The zero-order chi connectivity index (χ0) is 16.1. The summed E-state index contributed by atoms with van der Waals surface area (Å²) in [5.41, 5.74) is 0. The first-order valence-electron chi connectivity index (χ1n) is 10.2. The van der Waals surface area contributed by atoms with Crippen LogP contribution < -0.4 is 0 Å². The molecule has 0 aromatic rings. The van der Waals surface area contributed by atoms with Gasteiger partial charge < -0.3 is 0 Å². The molecule has 0 rings (SSSR count). The zero-order valence-electron chi connectivity index (χ0n) is 15.3. The van der Waals surface area contributed by atoms with Crippen molar-refractivity contribution in [1.29, 1.82) is 0 Å². The second-order valence-electron chi connectivity index (χ2n) is 6.83. The Morgan fingerprint density at radius 1 is 0.500 bits per heavy atom. The molecule has 0 spiro atoms. The normalized spacial score (nSPS) is 11.5. The summed E-state index contributed by atoms with van der Waals surface area (Å²) in [5.74, 6) is 1.87. The molecule has 2 radical (unpaired) electrons. The van der Waals surface area contributed by atoms with Gasteiger partial charge in [0.2, 0.25) is 0 Å². The third-order valence-electron chi connectivity index (χ3n) is 4.58. The lowest BCUT2D eigenvalue weighted by molar-refractivity contribution is 0.527. The number of hydrogen-bond donors (Lipinski definition) is 0. The first-order valence-corrected chi connectivity index (χ1v) is 10.7. The largest absolute Gasteiger partial charge is 0.0834 e. The van der Waals surface area contributed by atoms with Crippen molar-refractivity contribution >= 4 is 9.24 Å². The smallest absolute Gasteiger partial charge is 0.0146 e. The van der Waals surface area contributed by atoms with Crippen LogP contribution in [0.1, 0.15) is 122 Å². The maximum atomic E-state index is 4.07. The van der Waals surface area contributed by atoms with E-state index in [4.69, 9.17) is 0 Å². The molecule has 0 aliphatic carbocycles. The Bertz CT molecular complexity index is 210. The predicted octanol–water partition coefficient (Wildman–Crippen LogP) is 8.95. The highest BCUT2D eigenvalue weighted by molar-refractivity contribution is 7.20. The minimum Gasteiger partial charge on any atom is -0.0834 e. The SMILES string of the molecule is CCCCCCCCCCCCCCCCCCCC=C[P]. The predicted molar refractivity (Wildman–Crippen MR) is 105 cm³/mol. The van der Waals surface area contributed by atoms with E-state index >= 15 is 0 Å². The van der Waals surface area contributed by atoms with Crippen LogP contribution >= 0.6 is 9.24 Å². The number of allylic oxidation sites excluding steroid dienone is 1. The number of unbranched alkanes of at least 4 members (excludes halogenated alkanes) is 17. The highest BCUT2D eigenvalue weighted by Gasteiger charge is 1.94. The molecule has 0 amide bonds. The van der Waals surface area contributed by atoms with E-state index in [9.17, 15) is 0 Å². The minimum absolute atomic E-state index is 1.21. The fourth-order valence-electron chi connectivity index (χ4n) is 3.06. The van der Waals surface area contributed by atoms with Gasteiger partial charge in [0.25, 0.3) is 0 Å². The quantitative estimate of drug-likeness (QED) is 0.174. The molecule has 1 heteroatoms. The molecule has 0 heterocycles. The maximum absolute atomic E-state index is 4.07. The van der Waals surface area contributed by atoms with Gasteiger partial charge in [0, 0.05) is 0 Å². The Hall–Kier alpha value is 0.170. The van der Waals surface area contributed by atoms with Crippen molar-refractivity contribution in [3.8, 4) is 0 Å². The summed E-state index contributed by atoms with van der Waals surface area (Å²) in [6, 6.07) is 0. The van der Waals surface area contributed by atoms with Crippen molar-refractivity contribution in [3.05, 3.63) is 11.9 Å². The van der Waals surface area contributed by atoms with E-state index in [-0.39, 0.29) is 0 Å². The van der Waals surface area contributed by atoms with Gasteiger partial charge in [-0.1, -0.05) is 122 Å². The molecular formula is C21H41P. The summed E-state index contributed by atoms with van der Waals surface area (Å²) in [7, 11) is 4.07. The van der Waals surface area contributed by atoms with Crippen LogP contribution in [0, 0.1) is 0 Å². The lowest BCUT2D eigenvalue weighted by Crippen LogP contribution is -1.83. The van der Waals surface area contributed by atoms with Crippen LogP contribution in [0.25, 0.3) is 0 Å². The van der Waals surface area contributed by atoms with E-state index in [1.165, 1.54) is 116 Å². The molecule has 0 fully saturated rings. The lowest BCUT2D eigenvalue weighted by atomic mass is 10.0. The van der Waals surface area contributed by atoms with Gasteiger partial charge >= 0.3 is 0 Å². The Kier molecular flexibility index (Phi) is 21.3. The van der Waals surface area contributed by atoms with Crippen molar-refractivity contribution in [1.82, 2.24) is 0 Å². The molecule has 0 bridgehead atoms. The van der Waals surface area contributed by atoms with Crippen LogP contribution in [0.4, 0.5) is 0 Å².